The second kappa shape index (κ2) is 8.75. The number of anilines is 2. The molecule has 2 heterocycles. The van der Waals surface area contributed by atoms with Crippen LogP contribution in [-0.4, -0.2) is 25.3 Å². The molecule has 5 rings (SSSR count). The first-order valence-electron chi connectivity index (χ1n) is 12.5. The number of fused-ring (bicyclic) bond motifs is 3. The molecule has 0 aromatic heterocycles. The molecule has 1 amide bonds. The molecule has 0 radical (unpaired) electrons. The average molecular weight is 486 g/mol. The summed E-state index contributed by atoms with van der Waals surface area (Å²) < 4.78 is 6.65. The molecule has 2 aliphatic heterocycles. The molecule has 182 valence electrons. The Hall–Kier alpha value is -3.25. The van der Waals surface area contributed by atoms with Gasteiger partial charge in [0.15, 0.2) is 6.17 Å². The lowest BCUT2D eigenvalue weighted by molar-refractivity contribution is -0.128. The summed E-state index contributed by atoms with van der Waals surface area (Å²) in [6.45, 7) is 11.3. The number of carbonyl (C=O) groups excluding carboxylic acids is 1. The van der Waals surface area contributed by atoms with E-state index in [-0.39, 0.29) is 23.2 Å². The van der Waals surface area contributed by atoms with Crippen molar-refractivity contribution in [2.45, 2.75) is 64.0 Å². The predicted octanol–water partition coefficient (Wildman–Crippen LogP) is 6.76. The zero-order chi connectivity index (χ0) is 24.8. The molecule has 2 aliphatic rings. The Morgan fingerprint density at radius 1 is 0.943 bits per heavy atom. The summed E-state index contributed by atoms with van der Waals surface area (Å²) in [5, 5.41) is 1.91. The fraction of sp³-hybridized carbons (Fsp3) is 0.345. The second-order valence-electron chi connectivity index (χ2n) is 11.1. The topological polar surface area (TPSA) is 44.8 Å². The molecule has 0 bridgehead atoms. The average Bonchev–Trinajstić information content (AvgIpc) is 3.11. The number of benzene rings is 3. The first kappa shape index (κ1) is 23.5. The molecule has 6 heteroatoms. The zero-order valence-corrected chi connectivity index (χ0v) is 22.3. The maximum Gasteiger partial charge on any atom is 0.265 e. The third-order valence-electron chi connectivity index (χ3n) is 7.68. The van der Waals surface area contributed by atoms with Crippen molar-refractivity contribution in [3.05, 3.63) is 90.0 Å². The van der Waals surface area contributed by atoms with Crippen molar-refractivity contribution in [2.24, 2.45) is 0 Å². The normalized spacial score (nSPS) is 19.9. The molecule has 0 spiro atoms. The Kier molecular flexibility index (Phi) is 5.87. The lowest BCUT2D eigenvalue weighted by atomic mass is 9.96. The van der Waals surface area contributed by atoms with E-state index in [9.17, 15) is 4.79 Å². The van der Waals surface area contributed by atoms with Gasteiger partial charge in [-0.25, -0.2) is 5.01 Å². The number of aryl methyl sites for hydroxylation is 1. The fourth-order valence-electron chi connectivity index (χ4n) is 4.79. The van der Waals surface area contributed by atoms with Crippen LogP contribution in [0.5, 0.6) is 5.75 Å². The molecule has 1 fully saturated rings. The van der Waals surface area contributed by atoms with Crippen LogP contribution in [0.15, 0.2) is 78.9 Å². The van der Waals surface area contributed by atoms with Crippen molar-refractivity contribution < 1.29 is 9.22 Å². The van der Waals surface area contributed by atoms with Gasteiger partial charge >= 0.3 is 0 Å². The van der Waals surface area contributed by atoms with Crippen LogP contribution in [-0.2, 0) is 11.2 Å². The Balaban J connectivity index is 1.58. The van der Waals surface area contributed by atoms with Gasteiger partial charge in [0.2, 0.25) is 8.32 Å². The van der Waals surface area contributed by atoms with Crippen LogP contribution in [0.3, 0.4) is 0 Å². The van der Waals surface area contributed by atoms with Crippen molar-refractivity contribution in [3.63, 3.8) is 0 Å². The minimum Gasteiger partial charge on any atom is -0.543 e. The molecule has 0 saturated carbocycles. The van der Waals surface area contributed by atoms with Crippen LogP contribution in [0.1, 0.15) is 44.5 Å². The van der Waals surface area contributed by atoms with Gasteiger partial charge in [0.25, 0.3) is 5.91 Å². The van der Waals surface area contributed by atoms with Gasteiger partial charge in [0.05, 0.1) is 5.69 Å². The summed E-state index contributed by atoms with van der Waals surface area (Å²) in [5.41, 5.74) is 7.79. The van der Waals surface area contributed by atoms with Crippen LogP contribution >= 0.6 is 0 Å². The SMILES string of the molecule is CC(C)(C)[Si](C)(C)Oc1cccc(C2N(Nc3ccccc3)C(=O)C3CCc4ccccc4N32)c1. The van der Waals surface area contributed by atoms with Crippen LogP contribution in [0.25, 0.3) is 0 Å². The Morgan fingerprint density at radius 2 is 1.66 bits per heavy atom. The van der Waals surface area contributed by atoms with Gasteiger partial charge in [-0.3, -0.25) is 10.2 Å². The van der Waals surface area contributed by atoms with E-state index in [0.29, 0.717) is 0 Å². The second-order valence-corrected chi connectivity index (χ2v) is 15.8. The van der Waals surface area contributed by atoms with E-state index in [1.54, 1.807) is 0 Å². The predicted molar refractivity (Wildman–Crippen MR) is 145 cm³/mol. The highest BCUT2D eigenvalue weighted by molar-refractivity contribution is 6.74. The Bertz CT molecular complexity index is 1220. The molecule has 1 N–H and O–H groups in total. The molecule has 3 aromatic carbocycles. The summed E-state index contributed by atoms with van der Waals surface area (Å²) >= 11 is 0. The minimum atomic E-state index is -2.00. The standard InChI is InChI=1S/C29H35N3O2Si/c1-29(2,3)35(4,5)34-24-16-11-13-22(20-24)27-31-25-17-10-9-12-21(25)18-19-26(31)28(33)32(27)30-23-14-7-6-8-15-23/h6-17,20,26-27,30H,18-19H2,1-5H3. The van der Waals surface area contributed by atoms with Crippen molar-refractivity contribution in [2.75, 3.05) is 10.3 Å². The smallest absolute Gasteiger partial charge is 0.265 e. The number of nitrogens with one attached hydrogen (secondary N) is 1. The number of hydrazine groups is 1. The lowest BCUT2D eigenvalue weighted by Crippen LogP contribution is -2.44. The summed E-state index contributed by atoms with van der Waals surface area (Å²) in [6, 6.07) is 26.5. The van der Waals surface area contributed by atoms with Crippen LogP contribution in [0, 0.1) is 0 Å². The summed E-state index contributed by atoms with van der Waals surface area (Å²) in [7, 11) is -2.00. The number of hydrogen-bond acceptors (Lipinski definition) is 4. The van der Waals surface area contributed by atoms with E-state index >= 15 is 0 Å². The molecule has 35 heavy (non-hydrogen) atoms. The number of rotatable bonds is 5. The summed E-state index contributed by atoms with van der Waals surface area (Å²) in [5.74, 6) is 0.971. The van der Waals surface area contributed by atoms with Gasteiger partial charge in [-0.1, -0.05) is 69.3 Å². The zero-order valence-electron chi connectivity index (χ0n) is 21.3. The highest BCUT2D eigenvalue weighted by Gasteiger charge is 2.49. The van der Waals surface area contributed by atoms with Crippen LogP contribution < -0.4 is 14.8 Å². The van der Waals surface area contributed by atoms with E-state index in [2.05, 4.69) is 80.6 Å². The van der Waals surface area contributed by atoms with Gasteiger partial charge < -0.3 is 9.33 Å². The molecular formula is C29H35N3O2Si. The first-order chi connectivity index (χ1) is 16.7. The maximum absolute atomic E-state index is 13.8. The number of para-hydroxylation sites is 2. The minimum absolute atomic E-state index is 0.101. The van der Waals surface area contributed by atoms with E-state index in [1.807, 2.05) is 47.5 Å². The molecule has 5 nitrogen and oxygen atoms in total. The molecular weight excluding hydrogens is 450 g/mol. The highest BCUT2D eigenvalue weighted by atomic mass is 28.4. The Morgan fingerprint density at radius 3 is 2.40 bits per heavy atom. The lowest BCUT2D eigenvalue weighted by Gasteiger charge is -2.38. The summed E-state index contributed by atoms with van der Waals surface area (Å²) in [4.78, 5) is 16.1. The third-order valence-corrected chi connectivity index (χ3v) is 12.0. The monoisotopic (exact) mass is 485 g/mol. The van der Waals surface area contributed by atoms with Crippen molar-refractivity contribution >= 4 is 25.6 Å². The highest BCUT2D eigenvalue weighted by Crippen LogP contribution is 2.45. The molecule has 3 aromatic rings. The van der Waals surface area contributed by atoms with Gasteiger partial charge in [-0.15, -0.1) is 0 Å². The van der Waals surface area contributed by atoms with E-state index in [0.717, 1.165) is 35.5 Å². The third kappa shape index (κ3) is 4.31. The van der Waals surface area contributed by atoms with E-state index in [4.69, 9.17) is 4.43 Å². The number of amides is 1. The van der Waals surface area contributed by atoms with Crippen LogP contribution in [0.2, 0.25) is 18.1 Å². The molecule has 0 aliphatic carbocycles. The summed E-state index contributed by atoms with van der Waals surface area (Å²) in [6.07, 6.45) is 1.43. The van der Waals surface area contributed by atoms with Gasteiger partial charge in [-0.2, -0.15) is 0 Å². The number of carbonyl (C=O) groups is 1. The van der Waals surface area contributed by atoms with Crippen molar-refractivity contribution in [3.8, 4) is 5.75 Å². The van der Waals surface area contributed by atoms with Gasteiger partial charge in [-0.05, 0) is 66.9 Å². The van der Waals surface area contributed by atoms with E-state index < -0.39 is 8.32 Å². The quantitative estimate of drug-likeness (QED) is 0.406. The fourth-order valence-corrected chi connectivity index (χ4v) is 5.81. The maximum atomic E-state index is 13.8. The molecule has 2 atom stereocenters. The van der Waals surface area contributed by atoms with Crippen molar-refractivity contribution in [1.82, 2.24) is 5.01 Å². The Labute approximate surface area is 209 Å². The largest absolute Gasteiger partial charge is 0.543 e. The van der Waals surface area contributed by atoms with Gasteiger partial charge in [0.1, 0.15) is 11.8 Å². The number of hydrogen-bond donors (Lipinski definition) is 1. The molecule has 2 unspecified atom stereocenters. The number of nitrogens with zero attached hydrogens (tertiary/aromatic N) is 2. The molecule has 1 saturated heterocycles. The first-order valence-corrected chi connectivity index (χ1v) is 15.4. The van der Waals surface area contributed by atoms with E-state index in [1.165, 1.54) is 5.56 Å². The van der Waals surface area contributed by atoms with Gasteiger partial charge in [0, 0.05) is 11.3 Å². The van der Waals surface area contributed by atoms with Crippen LogP contribution in [0.4, 0.5) is 11.4 Å². The van der Waals surface area contributed by atoms with Crippen molar-refractivity contribution in [1.29, 1.82) is 0 Å².